The quantitative estimate of drug-likeness (QED) is 0.400. The van der Waals surface area contributed by atoms with Crippen LogP contribution in [0, 0.1) is 11.7 Å². The van der Waals surface area contributed by atoms with Crippen molar-refractivity contribution >= 4 is 38.8 Å². The van der Waals surface area contributed by atoms with Gasteiger partial charge in [-0.05, 0) is 42.3 Å². The number of amides is 1. The molecule has 0 aliphatic carbocycles. The van der Waals surface area contributed by atoms with Gasteiger partial charge < -0.3 is 14.8 Å². The molecule has 36 heavy (non-hydrogen) atoms. The lowest BCUT2D eigenvalue weighted by Crippen LogP contribution is -2.52. The summed E-state index contributed by atoms with van der Waals surface area (Å²) >= 11 is 4.96. The number of thioether (sulfide) groups is 1. The molecule has 0 unspecified atom stereocenters. The van der Waals surface area contributed by atoms with Gasteiger partial charge in [0.2, 0.25) is 0 Å². The molecule has 2 heterocycles. The lowest BCUT2D eigenvalue weighted by atomic mass is 9.75. The van der Waals surface area contributed by atoms with E-state index in [1.54, 1.807) is 24.3 Å². The number of halogens is 2. The summed E-state index contributed by atoms with van der Waals surface area (Å²) in [5.74, 6) is 0.116. The fourth-order valence-corrected chi connectivity index (χ4v) is 6.20. The minimum absolute atomic E-state index is 0.0164. The summed E-state index contributed by atoms with van der Waals surface area (Å²) in [6.07, 6.45) is 0.565. The van der Waals surface area contributed by atoms with Crippen LogP contribution in [0.4, 0.5) is 4.39 Å². The zero-order valence-electron chi connectivity index (χ0n) is 19.5. The van der Waals surface area contributed by atoms with E-state index in [0.717, 1.165) is 10.0 Å². The van der Waals surface area contributed by atoms with Crippen molar-refractivity contribution in [3.8, 4) is 0 Å². The van der Waals surface area contributed by atoms with Crippen molar-refractivity contribution in [3.05, 3.63) is 106 Å². The first-order valence-electron chi connectivity index (χ1n) is 11.8. The van der Waals surface area contributed by atoms with Gasteiger partial charge in [0.25, 0.3) is 5.91 Å². The number of ether oxygens (including phenoxy) is 2. The molecular formula is C28H26BrFN2O3S. The molecule has 3 aromatic carbocycles. The third kappa shape index (κ3) is 5.57. The minimum Gasteiger partial charge on any atom is -0.374 e. The minimum atomic E-state index is -0.936. The van der Waals surface area contributed by atoms with E-state index in [1.165, 1.54) is 17.8 Å². The van der Waals surface area contributed by atoms with Crippen LogP contribution in [-0.4, -0.2) is 36.1 Å². The van der Waals surface area contributed by atoms with Crippen LogP contribution in [0.25, 0.3) is 0 Å². The highest BCUT2D eigenvalue weighted by Gasteiger charge is 2.49. The highest BCUT2D eigenvalue weighted by molar-refractivity contribution is 9.10. The van der Waals surface area contributed by atoms with Crippen molar-refractivity contribution in [2.24, 2.45) is 10.9 Å². The number of benzene rings is 3. The summed E-state index contributed by atoms with van der Waals surface area (Å²) in [4.78, 5) is 17.7. The third-order valence-electron chi connectivity index (χ3n) is 6.55. The highest BCUT2D eigenvalue weighted by Crippen LogP contribution is 2.47. The fraction of sp³-hybridized carbons (Fsp3) is 0.286. The molecule has 0 spiro atoms. The lowest BCUT2D eigenvalue weighted by Gasteiger charge is -2.46. The van der Waals surface area contributed by atoms with Gasteiger partial charge in [-0.25, -0.2) is 9.38 Å². The van der Waals surface area contributed by atoms with E-state index >= 15 is 4.39 Å². The SMILES string of the molecule is O=C(NC1=N[C@@]2(c3cc(Br)ccc3F)CO[C@@H](COCc3ccccc3)C[C@H]2CS1)c1ccccc1. The molecule has 0 saturated carbocycles. The monoisotopic (exact) mass is 568 g/mol. The van der Waals surface area contributed by atoms with Crippen molar-refractivity contribution in [1.29, 1.82) is 0 Å². The van der Waals surface area contributed by atoms with Crippen molar-refractivity contribution in [3.63, 3.8) is 0 Å². The van der Waals surface area contributed by atoms with Crippen LogP contribution in [0.2, 0.25) is 0 Å². The number of hydrogen-bond acceptors (Lipinski definition) is 5. The molecule has 5 rings (SSSR count). The Kier molecular flexibility index (Phi) is 7.86. The fourth-order valence-electron chi connectivity index (χ4n) is 4.67. The van der Waals surface area contributed by atoms with Crippen molar-refractivity contribution in [2.75, 3.05) is 19.0 Å². The average Bonchev–Trinajstić information content (AvgIpc) is 2.91. The summed E-state index contributed by atoms with van der Waals surface area (Å²) in [5.41, 5.74) is 1.18. The van der Waals surface area contributed by atoms with E-state index in [9.17, 15) is 4.79 Å². The second-order valence-electron chi connectivity index (χ2n) is 8.96. The number of carbonyl (C=O) groups excluding carboxylic acids is 1. The molecule has 2 aliphatic heterocycles. The highest BCUT2D eigenvalue weighted by atomic mass is 79.9. The van der Waals surface area contributed by atoms with E-state index < -0.39 is 5.54 Å². The topological polar surface area (TPSA) is 59.9 Å². The van der Waals surface area contributed by atoms with Gasteiger partial charge in [0, 0.05) is 27.3 Å². The van der Waals surface area contributed by atoms with Crippen LogP contribution in [0.5, 0.6) is 0 Å². The summed E-state index contributed by atoms with van der Waals surface area (Å²) in [6, 6.07) is 23.9. The standard InChI is InChI=1S/C28H26BrFN2O3S/c29-22-11-12-25(30)24(14-22)28-18-35-23(16-34-15-19-7-3-1-4-8-19)13-21(28)17-36-27(32-28)31-26(33)20-9-5-2-6-10-20/h1-12,14,21,23H,13,15-18H2,(H,31,32,33)/t21-,23+,28-/m0/s1. The van der Waals surface area contributed by atoms with Gasteiger partial charge >= 0.3 is 0 Å². The Hall–Kier alpha value is -2.52. The van der Waals surface area contributed by atoms with Crippen LogP contribution >= 0.6 is 27.7 Å². The van der Waals surface area contributed by atoms with Gasteiger partial charge in [-0.3, -0.25) is 4.79 Å². The van der Waals surface area contributed by atoms with Crippen LogP contribution < -0.4 is 5.32 Å². The summed E-state index contributed by atoms with van der Waals surface area (Å²) < 4.78 is 28.1. The van der Waals surface area contributed by atoms with Crippen molar-refractivity contribution in [1.82, 2.24) is 5.32 Å². The molecule has 186 valence electrons. The number of carbonyl (C=O) groups is 1. The normalized spacial score (nSPS) is 23.4. The molecule has 0 radical (unpaired) electrons. The number of fused-ring (bicyclic) bond motifs is 1. The van der Waals surface area contributed by atoms with Gasteiger partial charge in [-0.2, -0.15) is 0 Å². The molecule has 0 aromatic heterocycles. The molecular weight excluding hydrogens is 543 g/mol. The van der Waals surface area contributed by atoms with E-state index in [2.05, 4.69) is 21.2 Å². The van der Waals surface area contributed by atoms with Crippen LogP contribution in [-0.2, 0) is 21.6 Å². The molecule has 1 fully saturated rings. The zero-order valence-corrected chi connectivity index (χ0v) is 21.9. The van der Waals surface area contributed by atoms with Crippen molar-refractivity contribution in [2.45, 2.75) is 24.7 Å². The van der Waals surface area contributed by atoms with Gasteiger partial charge in [-0.1, -0.05) is 76.2 Å². The number of nitrogens with zero attached hydrogens (tertiary/aromatic N) is 1. The number of rotatable bonds is 6. The molecule has 2 aliphatic rings. The smallest absolute Gasteiger partial charge is 0.257 e. The third-order valence-corrected chi connectivity index (χ3v) is 8.08. The Morgan fingerprint density at radius 3 is 2.67 bits per heavy atom. The van der Waals surface area contributed by atoms with Gasteiger partial charge in [0.15, 0.2) is 5.17 Å². The first kappa shape index (κ1) is 25.1. The maximum atomic E-state index is 15.2. The molecule has 1 N–H and O–H groups in total. The molecule has 0 bridgehead atoms. The summed E-state index contributed by atoms with van der Waals surface area (Å²) in [5, 5.41) is 3.39. The number of nitrogens with one attached hydrogen (secondary N) is 1. The first-order chi connectivity index (χ1) is 17.5. The first-order valence-corrected chi connectivity index (χ1v) is 13.6. The number of amidine groups is 1. The largest absolute Gasteiger partial charge is 0.374 e. The van der Waals surface area contributed by atoms with E-state index in [-0.39, 0.29) is 30.4 Å². The second-order valence-corrected chi connectivity index (χ2v) is 10.9. The zero-order chi connectivity index (χ0) is 25.0. The number of aliphatic imine (C=N–C) groups is 1. The molecule has 5 nitrogen and oxygen atoms in total. The predicted molar refractivity (Wildman–Crippen MR) is 144 cm³/mol. The van der Waals surface area contributed by atoms with Gasteiger partial charge in [0.05, 0.1) is 25.9 Å². The second kappa shape index (κ2) is 11.3. The average molecular weight is 569 g/mol. The van der Waals surface area contributed by atoms with E-state index in [1.807, 2.05) is 48.5 Å². The van der Waals surface area contributed by atoms with E-state index in [0.29, 0.717) is 41.7 Å². The van der Waals surface area contributed by atoms with Gasteiger partial charge in [-0.15, -0.1) is 0 Å². The summed E-state index contributed by atoms with van der Waals surface area (Å²) in [6.45, 7) is 1.17. The predicted octanol–water partition coefficient (Wildman–Crippen LogP) is 5.94. The van der Waals surface area contributed by atoms with Crippen LogP contribution in [0.3, 0.4) is 0 Å². The lowest BCUT2D eigenvalue weighted by molar-refractivity contribution is -0.0927. The maximum absolute atomic E-state index is 15.2. The van der Waals surface area contributed by atoms with Gasteiger partial charge in [0.1, 0.15) is 11.4 Å². The molecule has 3 atom stereocenters. The molecule has 3 aromatic rings. The Morgan fingerprint density at radius 1 is 1.14 bits per heavy atom. The van der Waals surface area contributed by atoms with E-state index in [4.69, 9.17) is 14.5 Å². The number of hydrogen-bond donors (Lipinski definition) is 1. The van der Waals surface area contributed by atoms with Crippen molar-refractivity contribution < 1.29 is 18.7 Å². The molecule has 1 saturated heterocycles. The Bertz CT molecular complexity index is 1240. The van der Waals surface area contributed by atoms with Crippen LogP contribution in [0.1, 0.15) is 27.9 Å². The Balaban J connectivity index is 1.36. The van der Waals surface area contributed by atoms with Crippen LogP contribution in [0.15, 0.2) is 88.3 Å². The molecule has 8 heteroatoms. The molecule has 1 amide bonds. The summed E-state index contributed by atoms with van der Waals surface area (Å²) in [7, 11) is 0. The Morgan fingerprint density at radius 2 is 1.89 bits per heavy atom. The Labute approximate surface area is 222 Å². The maximum Gasteiger partial charge on any atom is 0.257 e.